The molecule has 1 atom stereocenters. The maximum absolute atomic E-state index is 15.6. The lowest BCUT2D eigenvalue weighted by molar-refractivity contribution is 0.0964. The predicted octanol–water partition coefficient (Wildman–Crippen LogP) is 3.62. The molecule has 39 heavy (non-hydrogen) atoms. The first-order chi connectivity index (χ1) is 18.9. The van der Waals surface area contributed by atoms with Crippen molar-refractivity contribution < 1.29 is 19.1 Å². The number of rotatable bonds is 8. The standard InChI is InChI=1S/C30H30FN5O3/c1-35(11-12-37)17-21-5-2-3-8-23(21)19-9-10-24(25(31)14-19)26-15-28(38)29-27(16-33-26)34-18-36(29)22-7-4-6-20(13-22)30(32)39/h2-10,13-14,18,26,33,37H,11-12,15-17H2,1H3,(H2,32,39). The maximum atomic E-state index is 15.6. The number of aromatic nitrogens is 2. The summed E-state index contributed by atoms with van der Waals surface area (Å²) in [6, 6.07) is 19.1. The van der Waals surface area contributed by atoms with Crippen LogP contribution in [0, 0.1) is 5.82 Å². The number of fused-ring (bicyclic) bond motifs is 1. The van der Waals surface area contributed by atoms with E-state index in [2.05, 4.69) is 10.3 Å². The molecule has 0 spiro atoms. The molecule has 2 heterocycles. The van der Waals surface area contributed by atoms with Gasteiger partial charge in [0.2, 0.25) is 5.91 Å². The number of nitrogens with zero attached hydrogens (tertiary/aromatic N) is 3. The Hall–Kier alpha value is -4.18. The minimum atomic E-state index is -0.560. The minimum absolute atomic E-state index is 0.0486. The average molecular weight is 528 g/mol. The third kappa shape index (κ3) is 5.51. The molecule has 1 aliphatic heterocycles. The van der Waals surface area contributed by atoms with Crippen molar-refractivity contribution >= 4 is 11.7 Å². The number of benzene rings is 3. The topological polar surface area (TPSA) is 113 Å². The number of hydrogen-bond donors (Lipinski definition) is 3. The lowest BCUT2D eigenvalue weighted by atomic mass is 9.95. The van der Waals surface area contributed by atoms with E-state index in [1.807, 2.05) is 42.3 Å². The Morgan fingerprint density at radius 3 is 2.77 bits per heavy atom. The Kier molecular flexibility index (Phi) is 7.65. The maximum Gasteiger partial charge on any atom is 0.248 e. The smallest absolute Gasteiger partial charge is 0.248 e. The Bertz CT molecular complexity index is 1530. The number of aliphatic hydroxyl groups excluding tert-OH is 1. The number of Topliss-reactive ketones (excluding diaryl/α,β-unsaturated/α-hetero) is 1. The Morgan fingerprint density at radius 1 is 1.18 bits per heavy atom. The summed E-state index contributed by atoms with van der Waals surface area (Å²) >= 11 is 0. The molecule has 1 unspecified atom stereocenters. The highest BCUT2D eigenvalue weighted by Crippen LogP contribution is 2.32. The number of amides is 1. The van der Waals surface area contributed by atoms with Crippen LogP contribution in [-0.4, -0.2) is 51.4 Å². The average Bonchev–Trinajstić information content (AvgIpc) is 3.28. The van der Waals surface area contributed by atoms with Crippen molar-refractivity contribution in [1.29, 1.82) is 0 Å². The van der Waals surface area contributed by atoms with Gasteiger partial charge in [-0.25, -0.2) is 9.37 Å². The molecule has 9 heteroatoms. The van der Waals surface area contributed by atoms with Gasteiger partial charge in [-0.1, -0.05) is 42.5 Å². The Labute approximate surface area is 225 Å². The van der Waals surface area contributed by atoms with E-state index in [4.69, 9.17) is 5.73 Å². The molecule has 0 bridgehead atoms. The van der Waals surface area contributed by atoms with Gasteiger partial charge in [-0.15, -0.1) is 0 Å². The van der Waals surface area contributed by atoms with E-state index in [9.17, 15) is 14.7 Å². The van der Waals surface area contributed by atoms with Gasteiger partial charge in [0.15, 0.2) is 5.78 Å². The molecule has 1 aromatic heterocycles. The quantitative estimate of drug-likeness (QED) is 0.323. The molecule has 0 radical (unpaired) electrons. The number of hydrogen-bond acceptors (Lipinski definition) is 6. The monoisotopic (exact) mass is 527 g/mol. The van der Waals surface area contributed by atoms with Crippen molar-refractivity contribution in [1.82, 2.24) is 19.8 Å². The first-order valence-electron chi connectivity index (χ1n) is 12.8. The zero-order chi connectivity index (χ0) is 27.5. The summed E-state index contributed by atoms with van der Waals surface area (Å²) in [6.07, 6.45) is 1.60. The van der Waals surface area contributed by atoms with Crippen LogP contribution in [0.2, 0.25) is 0 Å². The van der Waals surface area contributed by atoms with Gasteiger partial charge in [-0.2, -0.15) is 0 Å². The predicted molar refractivity (Wildman–Crippen MR) is 146 cm³/mol. The van der Waals surface area contributed by atoms with Crippen molar-refractivity contribution in [2.45, 2.75) is 25.6 Å². The molecule has 4 aromatic rings. The number of carbonyl (C=O) groups excluding carboxylic acids is 2. The molecule has 0 aliphatic carbocycles. The highest BCUT2D eigenvalue weighted by atomic mass is 19.1. The number of likely N-dealkylation sites (N-methyl/N-ethyl adjacent to an activating group) is 1. The van der Waals surface area contributed by atoms with Crippen LogP contribution in [0.25, 0.3) is 16.8 Å². The number of ketones is 1. The summed E-state index contributed by atoms with van der Waals surface area (Å²) in [4.78, 5) is 31.5. The molecule has 4 N–H and O–H groups in total. The van der Waals surface area contributed by atoms with E-state index in [0.29, 0.717) is 41.3 Å². The van der Waals surface area contributed by atoms with Crippen LogP contribution >= 0.6 is 0 Å². The van der Waals surface area contributed by atoms with Crippen molar-refractivity contribution in [2.75, 3.05) is 20.2 Å². The van der Waals surface area contributed by atoms with Crippen LogP contribution in [0.5, 0.6) is 0 Å². The number of imidazole rings is 1. The second-order valence-corrected chi connectivity index (χ2v) is 9.74. The Morgan fingerprint density at radius 2 is 2.00 bits per heavy atom. The van der Waals surface area contributed by atoms with Crippen LogP contribution in [0.3, 0.4) is 0 Å². The van der Waals surface area contributed by atoms with Gasteiger partial charge in [0.25, 0.3) is 0 Å². The van der Waals surface area contributed by atoms with Gasteiger partial charge in [-0.3, -0.25) is 19.1 Å². The molecule has 200 valence electrons. The van der Waals surface area contributed by atoms with Gasteiger partial charge >= 0.3 is 0 Å². The van der Waals surface area contributed by atoms with Gasteiger partial charge in [0.05, 0.1) is 12.3 Å². The molecule has 5 rings (SSSR count). The first kappa shape index (κ1) is 26.4. The summed E-state index contributed by atoms with van der Waals surface area (Å²) in [5.41, 5.74) is 10.4. The molecule has 8 nitrogen and oxygen atoms in total. The van der Waals surface area contributed by atoms with E-state index in [0.717, 1.165) is 16.7 Å². The molecule has 1 aliphatic rings. The molecular weight excluding hydrogens is 497 g/mol. The van der Waals surface area contributed by atoms with Crippen LogP contribution in [0.4, 0.5) is 4.39 Å². The Balaban J connectivity index is 1.40. The SMILES string of the molecule is CN(CCO)Cc1ccccc1-c1ccc(C2CC(=O)c3c(ncn3-c3cccc(C(N)=O)c3)CN2)c(F)c1. The van der Waals surface area contributed by atoms with E-state index in [-0.39, 0.29) is 25.4 Å². The number of primary amides is 1. The lowest BCUT2D eigenvalue weighted by Gasteiger charge is -2.19. The fourth-order valence-corrected chi connectivity index (χ4v) is 5.07. The van der Waals surface area contributed by atoms with Crippen LogP contribution in [0.15, 0.2) is 73.1 Å². The minimum Gasteiger partial charge on any atom is -0.395 e. The van der Waals surface area contributed by atoms with Crippen molar-refractivity contribution in [3.63, 3.8) is 0 Å². The molecule has 0 saturated carbocycles. The number of nitrogens with two attached hydrogens (primary N) is 1. The molecular formula is C30H30FN5O3. The summed E-state index contributed by atoms with van der Waals surface area (Å²) in [5, 5.41) is 12.5. The first-order valence-corrected chi connectivity index (χ1v) is 12.8. The second kappa shape index (κ2) is 11.3. The lowest BCUT2D eigenvalue weighted by Crippen LogP contribution is -2.22. The molecule has 0 saturated heterocycles. The number of carbonyl (C=O) groups is 2. The van der Waals surface area contributed by atoms with Crippen LogP contribution in [0.1, 0.15) is 50.1 Å². The van der Waals surface area contributed by atoms with Crippen molar-refractivity contribution in [2.24, 2.45) is 5.73 Å². The van der Waals surface area contributed by atoms with E-state index in [1.54, 1.807) is 41.2 Å². The molecule has 1 amide bonds. The number of nitrogens with one attached hydrogen (secondary N) is 1. The van der Waals surface area contributed by atoms with Gasteiger partial charge in [-0.05, 0) is 48.0 Å². The third-order valence-electron chi connectivity index (χ3n) is 7.05. The summed E-state index contributed by atoms with van der Waals surface area (Å²) < 4.78 is 17.2. The second-order valence-electron chi connectivity index (χ2n) is 9.74. The zero-order valence-corrected chi connectivity index (χ0v) is 21.6. The van der Waals surface area contributed by atoms with Crippen molar-refractivity contribution in [3.05, 3.63) is 107 Å². The fourth-order valence-electron chi connectivity index (χ4n) is 5.07. The largest absolute Gasteiger partial charge is 0.395 e. The normalized spacial score (nSPS) is 15.3. The highest BCUT2D eigenvalue weighted by Gasteiger charge is 2.29. The summed E-state index contributed by atoms with van der Waals surface area (Å²) in [5.74, 6) is -1.13. The van der Waals surface area contributed by atoms with Gasteiger partial charge in [0.1, 0.15) is 17.8 Å². The number of aliphatic hydroxyl groups is 1. The van der Waals surface area contributed by atoms with Gasteiger partial charge in [0, 0.05) is 48.9 Å². The highest BCUT2D eigenvalue weighted by molar-refractivity contribution is 5.97. The van der Waals surface area contributed by atoms with E-state index >= 15 is 4.39 Å². The fraction of sp³-hybridized carbons (Fsp3) is 0.233. The summed E-state index contributed by atoms with van der Waals surface area (Å²) in [6.45, 7) is 1.51. The van der Waals surface area contributed by atoms with Gasteiger partial charge < -0.3 is 16.2 Å². The van der Waals surface area contributed by atoms with E-state index in [1.165, 1.54) is 6.07 Å². The molecule has 0 fully saturated rings. The van der Waals surface area contributed by atoms with Crippen molar-refractivity contribution in [3.8, 4) is 16.8 Å². The van der Waals surface area contributed by atoms with E-state index < -0.39 is 17.8 Å². The molecule has 3 aromatic carbocycles. The third-order valence-corrected chi connectivity index (χ3v) is 7.05. The van der Waals surface area contributed by atoms with Crippen LogP contribution in [-0.2, 0) is 13.1 Å². The zero-order valence-electron chi connectivity index (χ0n) is 21.6. The van der Waals surface area contributed by atoms with Crippen LogP contribution < -0.4 is 11.1 Å². The number of halogens is 1. The summed E-state index contributed by atoms with van der Waals surface area (Å²) in [7, 11) is 1.93.